The lowest BCUT2D eigenvalue weighted by Crippen LogP contribution is -2.70. The smallest absolute Gasteiger partial charge is 0.359 e. The van der Waals surface area contributed by atoms with Crippen molar-refractivity contribution in [2.75, 3.05) is 18.6 Å². The molecule has 1 saturated heterocycles. The molecule has 2 aromatic rings. The lowest BCUT2D eigenvalue weighted by Gasteiger charge is -2.49. The fourth-order valence-corrected chi connectivity index (χ4v) is 6.39. The van der Waals surface area contributed by atoms with E-state index >= 15 is 0 Å². The second-order valence-electron chi connectivity index (χ2n) is 8.61. The highest BCUT2D eigenvalue weighted by atomic mass is 32.2. The molecule has 0 radical (unpaired) electrons. The van der Waals surface area contributed by atoms with Crippen molar-refractivity contribution in [3.8, 4) is 5.75 Å². The van der Waals surface area contributed by atoms with Crippen LogP contribution in [0, 0.1) is 0 Å². The maximum absolute atomic E-state index is 13.2. The Morgan fingerprint density at radius 3 is 2.63 bits per heavy atom. The first kappa shape index (κ1) is 27.6. The number of nitrogens with one attached hydrogen (secondary N) is 1. The predicted molar refractivity (Wildman–Crippen MR) is 137 cm³/mol. The highest BCUT2D eigenvalue weighted by Crippen LogP contribution is 2.41. The Bertz CT molecular complexity index is 1300. The average molecular weight is 565 g/mol. The van der Waals surface area contributed by atoms with Gasteiger partial charge in [-0.2, -0.15) is 8.42 Å². The Morgan fingerprint density at radius 2 is 1.97 bits per heavy atom. The summed E-state index contributed by atoms with van der Waals surface area (Å²) in [5.41, 5.74) is 0.390. The van der Waals surface area contributed by atoms with Crippen LogP contribution in [-0.2, 0) is 46.4 Å². The van der Waals surface area contributed by atoms with Crippen molar-refractivity contribution < 1.29 is 40.9 Å². The molecule has 1 aromatic heterocycles. The second-order valence-corrected chi connectivity index (χ2v) is 11.4. The summed E-state index contributed by atoms with van der Waals surface area (Å²) in [6, 6.07) is 9.24. The maximum atomic E-state index is 13.2. The van der Waals surface area contributed by atoms with Gasteiger partial charge in [-0.1, -0.05) is 25.5 Å². The molecule has 11 nitrogen and oxygen atoms in total. The van der Waals surface area contributed by atoms with Gasteiger partial charge in [0.2, 0.25) is 5.91 Å². The van der Waals surface area contributed by atoms with Gasteiger partial charge in [-0.25, -0.2) is 4.79 Å². The Kier molecular flexibility index (Phi) is 8.67. The van der Waals surface area contributed by atoms with E-state index in [0.717, 1.165) is 4.90 Å². The van der Waals surface area contributed by atoms with Crippen LogP contribution in [0.2, 0.25) is 0 Å². The largest absolute Gasteiger partial charge is 0.497 e. The third-order valence-electron chi connectivity index (χ3n) is 5.86. The molecule has 3 heterocycles. The summed E-state index contributed by atoms with van der Waals surface area (Å²) in [5.74, 6) is -1.22. The SMILES string of the molecule is CCCCS(=O)(=O)OC1=C(C(=O)OCc2ccc(OC)cc2)N2C(=O)C(NC(=O)Cc3ccco3)[C@@H]2SC1. The summed E-state index contributed by atoms with van der Waals surface area (Å²) in [5, 5.41) is 2.04. The van der Waals surface area contributed by atoms with Crippen molar-refractivity contribution in [2.45, 2.75) is 44.2 Å². The first-order chi connectivity index (χ1) is 18.2. The lowest BCUT2D eigenvalue weighted by molar-refractivity contribution is -0.153. The zero-order valence-electron chi connectivity index (χ0n) is 20.9. The van der Waals surface area contributed by atoms with Crippen LogP contribution in [-0.4, -0.2) is 61.1 Å². The van der Waals surface area contributed by atoms with Crippen LogP contribution in [0.1, 0.15) is 31.1 Å². The van der Waals surface area contributed by atoms with Crippen LogP contribution in [0.5, 0.6) is 5.75 Å². The van der Waals surface area contributed by atoms with Gasteiger partial charge in [-0.3, -0.25) is 14.5 Å². The van der Waals surface area contributed by atoms with Crippen LogP contribution >= 0.6 is 11.8 Å². The molecule has 38 heavy (non-hydrogen) atoms. The zero-order chi connectivity index (χ0) is 27.3. The third kappa shape index (κ3) is 6.33. The molecule has 2 amide bonds. The number of hydrogen-bond donors (Lipinski definition) is 1. The summed E-state index contributed by atoms with van der Waals surface area (Å²) < 4.78 is 46.1. The number of β-lactam (4-membered cyclic amide) rings is 1. The quantitative estimate of drug-likeness (QED) is 0.232. The van der Waals surface area contributed by atoms with E-state index in [1.54, 1.807) is 36.4 Å². The molecule has 1 N–H and O–H groups in total. The van der Waals surface area contributed by atoms with Gasteiger partial charge in [0.15, 0.2) is 11.5 Å². The van der Waals surface area contributed by atoms with Gasteiger partial charge in [0.05, 0.1) is 31.3 Å². The Morgan fingerprint density at radius 1 is 1.21 bits per heavy atom. The normalized spacial score (nSPS) is 18.9. The molecule has 2 atom stereocenters. The molecule has 1 fully saturated rings. The van der Waals surface area contributed by atoms with Gasteiger partial charge < -0.3 is 23.4 Å². The number of methoxy groups -OCH3 is 1. The van der Waals surface area contributed by atoms with E-state index in [4.69, 9.17) is 18.1 Å². The summed E-state index contributed by atoms with van der Waals surface area (Å²) >= 11 is 1.19. The molecule has 13 heteroatoms. The van der Waals surface area contributed by atoms with Crippen LogP contribution in [0.25, 0.3) is 0 Å². The second kappa shape index (κ2) is 11.9. The summed E-state index contributed by atoms with van der Waals surface area (Å²) in [4.78, 5) is 39.9. The number of thioether (sulfide) groups is 1. The minimum atomic E-state index is -3.99. The average Bonchev–Trinajstić information content (AvgIpc) is 3.42. The fourth-order valence-electron chi connectivity index (χ4n) is 3.90. The molecule has 1 unspecified atom stereocenters. The van der Waals surface area contributed by atoms with Gasteiger partial charge in [0.1, 0.15) is 29.5 Å². The van der Waals surface area contributed by atoms with Crippen molar-refractivity contribution in [3.63, 3.8) is 0 Å². The number of furan rings is 1. The number of nitrogens with zero attached hydrogens (tertiary/aromatic N) is 1. The number of carbonyl (C=O) groups is 3. The molecule has 2 aliphatic heterocycles. The predicted octanol–water partition coefficient (Wildman–Crippen LogP) is 2.33. The lowest BCUT2D eigenvalue weighted by atomic mass is 10.0. The molecule has 204 valence electrons. The molecular weight excluding hydrogens is 536 g/mol. The van der Waals surface area contributed by atoms with Crippen molar-refractivity contribution in [2.24, 2.45) is 0 Å². The number of unbranched alkanes of at least 4 members (excludes halogenated alkanes) is 1. The molecule has 0 saturated carbocycles. The maximum Gasteiger partial charge on any atom is 0.359 e. The minimum Gasteiger partial charge on any atom is -0.497 e. The van der Waals surface area contributed by atoms with Gasteiger partial charge >= 0.3 is 16.1 Å². The number of hydrogen-bond acceptors (Lipinski definition) is 10. The van der Waals surface area contributed by atoms with Crippen LogP contribution in [0.15, 0.2) is 58.5 Å². The molecule has 0 bridgehead atoms. The molecule has 0 aliphatic carbocycles. The van der Waals surface area contributed by atoms with E-state index < -0.39 is 39.3 Å². The van der Waals surface area contributed by atoms with E-state index in [-0.39, 0.29) is 36.0 Å². The summed E-state index contributed by atoms with van der Waals surface area (Å²) in [6.07, 6.45) is 2.42. The molecule has 2 aliphatic rings. The molecule has 1 aromatic carbocycles. The number of rotatable bonds is 12. The number of amides is 2. The highest BCUT2D eigenvalue weighted by Gasteiger charge is 2.55. The van der Waals surface area contributed by atoms with Crippen LogP contribution < -0.4 is 10.1 Å². The monoisotopic (exact) mass is 564 g/mol. The van der Waals surface area contributed by atoms with E-state index in [2.05, 4.69) is 5.32 Å². The van der Waals surface area contributed by atoms with Crippen molar-refractivity contribution in [1.29, 1.82) is 0 Å². The van der Waals surface area contributed by atoms with Gasteiger partial charge in [0, 0.05) is 0 Å². The first-order valence-electron chi connectivity index (χ1n) is 11.9. The number of carbonyl (C=O) groups excluding carboxylic acids is 3. The third-order valence-corrected chi connectivity index (χ3v) is 8.36. The van der Waals surface area contributed by atoms with Crippen molar-refractivity contribution in [3.05, 3.63) is 65.4 Å². The Balaban J connectivity index is 1.52. The van der Waals surface area contributed by atoms with E-state index in [0.29, 0.717) is 29.9 Å². The van der Waals surface area contributed by atoms with Crippen LogP contribution in [0.4, 0.5) is 0 Å². The van der Waals surface area contributed by atoms with Gasteiger partial charge in [-0.15, -0.1) is 11.8 Å². The Hall–Kier alpha value is -3.45. The van der Waals surface area contributed by atoms with Crippen LogP contribution in [0.3, 0.4) is 0 Å². The van der Waals surface area contributed by atoms with Crippen molar-refractivity contribution >= 4 is 39.7 Å². The number of fused-ring (bicyclic) bond motifs is 1. The highest BCUT2D eigenvalue weighted by molar-refractivity contribution is 8.00. The number of esters is 1. The van der Waals surface area contributed by atoms with Crippen molar-refractivity contribution in [1.82, 2.24) is 10.2 Å². The van der Waals surface area contributed by atoms with E-state index in [1.807, 2.05) is 6.92 Å². The molecule has 0 spiro atoms. The topological polar surface area (TPSA) is 141 Å². The van der Waals surface area contributed by atoms with Gasteiger partial charge in [-0.05, 0) is 36.2 Å². The zero-order valence-corrected chi connectivity index (χ0v) is 22.5. The minimum absolute atomic E-state index is 0.00265. The Labute approximate surface area is 224 Å². The van der Waals surface area contributed by atoms with E-state index in [1.165, 1.54) is 25.1 Å². The number of ether oxygens (including phenoxy) is 2. The first-order valence-corrected chi connectivity index (χ1v) is 14.6. The molecular formula is C25H28N2O9S2. The molecule has 4 rings (SSSR count). The van der Waals surface area contributed by atoms with E-state index in [9.17, 15) is 22.8 Å². The van der Waals surface area contributed by atoms with Gasteiger partial charge in [0.25, 0.3) is 5.91 Å². The summed E-state index contributed by atoms with van der Waals surface area (Å²) in [7, 11) is -2.46. The standard InChI is InChI=1S/C25H28N2O9S2/c1-3-4-12-38(31,32)36-19-15-37-24-21(26-20(28)13-18-6-5-11-34-18)23(29)27(24)22(19)25(30)35-14-16-7-9-17(33-2)10-8-16/h5-11,21,24H,3-4,12-15H2,1-2H3,(H,26,28)/t21?,24-/m0/s1. The fraction of sp³-hybridized carbons (Fsp3) is 0.400. The number of benzene rings is 1. The summed E-state index contributed by atoms with van der Waals surface area (Å²) in [6.45, 7) is 1.72.